The van der Waals surface area contributed by atoms with Gasteiger partial charge in [0.05, 0.1) is 24.4 Å². The van der Waals surface area contributed by atoms with Crippen LogP contribution in [-0.2, 0) is 11.3 Å². The van der Waals surface area contributed by atoms with Gasteiger partial charge in [0.1, 0.15) is 0 Å². The SMILES string of the molecule is COC(C)Cn1ncc2ccc(I)cc21. The zero-order chi connectivity index (χ0) is 10.8. The lowest BCUT2D eigenvalue weighted by atomic mass is 10.2. The molecule has 2 aromatic rings. The number of nitrogens with zero attached hydrogens (tertiary/aromatic N) is 2. The molecule has 0 amide bonds. The largest absolute Gasteiger partial charge is 0.380 e. The molecule has 0 aliphatic heterocycles. The Bertz CT molecular complexity index is 467. The van der Waals surface area contributed by atoms with Crippen LogP contribution in [0, 0.1) is 3.57 Å². The van der Waals surface area contributed by atoms with E-state index < -0.39 is 0 Å². The van der Waals surface area contributed by atoms with E-state index in [0.717, 1.165) is 6.54 Å². The lowest BCUT2D eigenvalue weighted by Crippen LogP contribution is -2.15. The molecule has 4 heteroatoms. The molecule has 0 aliphatic rings. The summed E-state index contributed by atoms with van der Waals surface area (Å²) in [5.41, 5.74) is 1.17. The normalized spacial score (nSPS) is 13.3. The summed E-state index contributed by atoms with van der Waals surface area (Å²) in [6.07, 6.45) is 2.08. The fraction of sp³-hybridized carbons (Fsp3) is 0.364. The van der Waals surface area contributed by atoms with Gasteiger partial charge in [-0.3, -0.25) is 4.68 Å². The second kappa shape index (κ2) is 4.49. The fourth-order valence-electron chi connectivity index (χ4n) is 1.51. The molecule has 1 aromatic heterocycles. The predicted octanol–water partition coefficient (Wildman–Crippen LogP) is 2.68. The van der Waals surface area contributed by atoms with Crippen molar-refractivity contribution in [2.45, 2.75) is 19.6 Å². The lowest BCUT2D eigenvalue weighted by molar-refractivity contribution is 0.101. The van der Waals surface area contributed by atoms with E-state index in [1.165, 1.54) is 14.5 Å². The quantitative estimate of drug-likeness (QED) is 0.814. The summed E-state index contributed by atoms with van der Waals surface area (Å²) in [5.74, 6) is 0. The average molecular weight is 316 g/mol. The molecular formula is C11H13IN2O. The summed E-state index contributed by atoms with van der Waals surface area (Å²) in [6, 6.07) is 6.33. The van der Waals surface area contributed by atoms with Gasteiger partial charge < -0.3 is 4.74 Å². The molecule has 1 aromatic carbocycles. The van der Waals surface area contributed by atoms with Gasteiger partial charge in [-0.05, 0) is 41.6 Å². The number of hydrogen-bond donors (Lipinski definition) is 0. The van der Waals surface area contributed by atoms with E-state index >= 15 is 0 Å². The zero-order valence-electron chi connectivity index (χ0n) is 8.77. The Kier molecular flexibility index (Phi) is 3.25. The molecule has 0 fully saturated rings. The topological polar surface area (TPSA) is 27.1 Å². The summed E-state index contributed by atoms with van der Waals surface area (Å²) in [7, 11) is 1.72. The molecule has 0 bridgehead atoms. The van der Waals surface area contributed by atoms with Gasteiger partial charge in [-0.15, -0.1) is 0 Å². The van der Waals surface area contributed by atoms with Gasteiger partial charge >= 0.3 is 0 Å². The minimum atomic E-state index is 0.186. The van der Waals surface area contributed by atoms with Crippen molar-refractivity contribution in [3.05, 3.63) is 28.0 Å². The molecule has 0 saturated heterocycles. The van der Waals surface area contributed by atoms with Gasteiger partial charge in [0.15, 0.2) is 0 Å². The van der Waals surface area contributed by atoms with Crippen LogP contribution in [0.2, 0.25) is 0 Å². The standard InChI is InChI=1S/C11H13IN2O/c1-8(15-2)7-14-11-5-10(12)4-3-9(11)6-13-14/h3-6,8H,7H2,1-2H3. The number of methoxy groups -OCH3 is 1. The van der Waals surface area contributed by atoms with E-state index in [0.29, 0.717) is 0 Å². The van der Waals surface area contributed by atoms with E-state index in [9.17, 15) is 0 Å². The van der Waals surface area contributed by atoms with E-state index in [1.807, 2.05) is 17.8 Å². The summed E-state index contributed by atoms with van der Waals surface area (Å²) in [5, 5.41) is 5.54. The van der Waals surface area contributed by atoms with Gasteiger partial charge in [-0.1, -0.05) is 6.07 Å². The molecule has 2 rings (SSSR count). The van der Waals surface area contributed by atoms with Crippen LogP contribution in [0.3, 0.4) is 0 Å². The van der Waals surface area contributed by atoms with Gasteiger partial charge in [0, 0.05) is 16.1 Å². The number of hydrogen-bond acceptors (Lipinski definition) is 2. The Morgan fingerprint density at radius 2 is 2.33 bits per heavy atom. The minimum Gasteiger partial charge on any atom is -0.380 e. The first-order valence-electron chi connectivity index (χ1n) is 4.84. The molecule has 0 spiro atoms. The second-order valence-electron chi connectivity index (χ2n) is 3.58. The number of halogens is 1. The van der Waals surface area contributed by atoms with Crippen LogP contribution in [-0.4, -0.2) is 23.0 Å². The van der Waals surface area contributed by atoms with Crippen LogP contribution in [0.4, 0.5) is 0 Å². The van der Waals surface area contributed by atoms with Crippen molar-refractivity contribution < 1.29 is 4.74 Å². The highest BCUT2D eigenvalue weighted by atomic mass is 127. The van der Waals surface area contributed by atoms with Crippen LogP contribution in [0.5, 0.6) is 0 Å². The molecule has 80 valence electrons. The summed E-state index contributed by atoms with van der Waals surface area (Å²) in [4.78, 5) is 0. The maximum atomic E-state index is 5.24. The monoisotopic (exact) mass is 316 g/mol. The average Bonchev–Trinajstić information content (AvgIpc) is 2.61. The number of rotatable bonds is 3. The Morgan fingerprint density at radius 3 is 3.07 bits per heavy atom. The molecule has 0 saturated carbocycles. The fourth-order valence-corrected chi connectivity index (χ4v) is 1.98. The van der Waals surface area contributed by atoms with Crippen LogP contribution in [0.1, 0.15) is 6.92 Å². The number of ether oxygens (including phenoxy) is 1. The van der Waals surface area contributed by atoms with Crippen LogP contribution >= 0.6 is 22.6 Å². The molecule has 0 N–H and O–H groups in total. The summed E-state index contributed by atoms with van der Waals surface area (Å²) < 4.78 is 8.46. The van der Waals surface area contributed by atoms with Crippen LogP contribution in [0.15, 0.2) is 24.4 Å². The maximum Gasteiger partial charge on any atom is 0.0739 e. The number of fused-ring (bicyclic) bond motifs is 1. The Labute approximate surface area is 103 Å². The van der Waals surface area contributed by atoms with E-state index in [-0.39, 0.29) is 6.10 Å². The van der Waals surface area contributed by atoms with Gasteiger partial charge in [0.25, 0.3) is 0 Å². The Morgan fingerprint density at radius 1 is 1.53 bits per heavy atom. The maximum absolute atomic E-state index is 5.24. The Balaban J connectivity index is 2.39. The highest BCUT2D eigenvalue weighted by molar-refractivity contribution is 14.1. The smallest absolute Gasteiger partial charge is 0.0739 e. The molecule has 0 aliphatic carbocycles. The number of benzene rings is 1. The van der Waals surface area contributed by atoms with Crippen molar-refractivity contribution in [3.8, 4) is 0 Å². The highest BCUT2D eigenvalue weighted by Gasteiger charge is 2.06. The van der Waals surface area contributed by atoms with Gasteiger partial charge in [0.2, 0.25) is 0 Å². The molecule has 1 heterocycles. The third-order valence-corrected chi connectivity index (χ3v) is 3.11. The highest BCUT2D eigenvalue weighted by Crippen LogP contribution is 2.17. The van der Waals surface area contributed by atoms with Gasteiger partial charge in [-0.2, -0.15) is 5.10 Å². The Hall–Kier alpha value is -0.620. The molecule has 1 atom stereocenters. The lowest BCUT2D eigenvalue weighted by Gasteiger charge is -2.10. The van der Waals surface area contributed by atoms with Crippen molar-refractivity contribution in [2.75, 3.05) is 7.11 Å². The zero-order valence-corrected chi connectivity index (χ0v) is 10.9. The van der Waals surface area contributed by atoms with Crippen LogP contribution in [0.25, 0.3) is 10.9 Å². The van der Waals surface area contributed by atoms with Crippen molar-refractivity contribution >= 4 is 33.5 Å². The van der Waals surface area contributed by atoms with Crippen LogP contribution < -0.4 is 0 Å². The van der Waals surface area contributed by atoms with E-state index in [2.05, 4.69) is 45.9 Å². The molecule has 1 unspecified atom stereocenters. The minimum absolute atomic E-state index is 0.186. The van der Waals surface area contributed by atoms with Crippen molar-refractivity contribution in [1.29, 1.82) is 0 Å². The van der Waals surface area contributed by atoms with Gasteiger partial charge in [-0.25, -0.2) is 0 Å². The van der Waals surface area contributed by atoms with Crippen molar-refractivity contribution in [3.63, 3.8) is 0 Å². The predicted molar refractivity (Wildman–Crippen MR) is 68.9 cm³/mol. The molecular weight excluding hydrogens is 303 g/mol. The first-order valence-corrected chi connectivity index (χ1v) is 5.92. The molecule has 0 radical (unpaired) electrons. The van der Waals surface area contributed by atoms with Crippen molar-refractivity contribution in [2.24, 2.45) is 0 Å². The number of aromatic nitrogens is 2. The van der Waals surface area contributed by atoms with Crippen molar-refractivity contribution in [1.82, 2.24) is 9.78 Å². The first kappa shape index (κ1) is 10.9. The first-order chi connectivity index (χ1) is 7.20. The third-order valence-electron chi connectivity index (χ3n) is 2.44. The summed E-state index contributed by atoms with van der Waals surface area (Å²) >= 11 is 2.31. The van der Waals surface area contributed by atoms with E-state index in [1.54, 1.807) is 7.11 Å². The molecule has 3 nitrogen and oxygen atoms in total. The third kappa shape index (κ3) is 2.31. The summed E-state index contributed by atoms with van der Waals surface area (Å²) in [6.45, 7) is 2.83. The van der Waals surface area contributed by atoms with E-state index in [4.69, 9.17) is 4.74 Å². The molecule has 15 heavy (non-hydrogen) atoms. The second-order valence-corrected chi connectivity index (χ2v) is 4.82.